The summed E-state index contributed by atoms with van der Waals surface area (Å²) < 4.78 is 5.70. The third-order valence-corrected chi connectivity index (χ3v) is 5.77. The van der Waals surface area contributed by atoms with Gasteiger partial charge in [0.1, 0.15) is 5.01 Å². The molecule has 1 saturated heterocycles. The van der Waals surface area contributed by atoms with Crippen LogP contribution in [0.1, 0.15) is 23.0 Å². The number of thiophene rings is 1. The predicted molar refractivity (Wildman–Crippen MR) is 86.9 cm³/mol. The summed E-state index contributed by atoms with van der Waals surface area (Å²) in [6, 6.07) is 2.03. The molecule has 4 rings (SSSR count). The summed E-state index contributed by atoms with van der Waals surface area (Å²) in [7, 11) is 0. The first-order chi connectivity index (χ1) is 10.8. The number of fused-ring (bicyclic) bond motifs is 2. The Hall–Kier alpha value is -1.50. The van der Waals surface area contributed by atoms with E-state index in [0.29, 0.717) is 0 Å². The number of nitrogens with zero attached hydrogens (tertiary/aromatic N) is 1. The number of aromatic nitrogens is 1. The van der Waals surface area contributed by atoms with E-state index in [9.17, 15) is 4.79 Å². The third-order valence-electron chi connectivity index (χ3n) is 4.15. The van der Waals surface area contributed by atoms with Gasteiger partial charge < -0.3 is 10.1 Å². The maximum Gasteiger partial charge on any atom is 0.226 e. The molecule has 2 aromatic heterocycles. The van der Waals surface area contributed by atoms with Crippen LogP contribution >= 0.6 is 22.7 Å². The maximum atomic E-state index is 12.6. The van der Waals surface area contributed by atoms with Gasteiger partial charge in [0, 0.05) is 18.0 Å². The van der Waals surface area contributed by atoms with Crippen molar-refractivity contribution in [1.29, 1.82) is 0 Å². The molecule has 2 aliphatic rings. The molecule has 1 amide bonds. The zero-order chi connectivity index (χ0) is 14.9. The van der Waals surface area contributed by atoms with Crippen LogP contribution in [-0.2, 0) is 16.0 Å². The van der Waals surface area contributed by atoms with Crippen molar-refractivity contribution in [3.05, 3.63) is 51.1 Å². The van der Waals surface area contributed by atoms with Gasteiger partial charge in [-0.05, 0) is 28.8 Å². The third kappa shape index (κ3) is 2.74. The van der Waals surface area contributed by atoms with E-state index in [1.54, 1.807) is 28.9 Å². The van der Waals surface area contributed by atoms with E-state index in [1.165, 1.54) is 5.56 Å². The Morgan fingerprint density at radius 2 is 2.41 bits per heavy atom. The van der Waals surface area contributed by atoms with Gasteiger partial charge in [0.25, 0.3) is 0 Å². The second-order valence-electron chi connectivity index (χ2n) is 5.63. The molecule has 2 bridgehead atoms. The van der Waals surface area contributed by atoms with Crippen LogP contribution in [0.15, 0.2) is 40.6 Å². The van der Waals surface area contributed by atoms with Gasteiger partial charge in [0.2, 0.25) is 5.91 Å². The van der Waals surface area contributed by atoms with E-state index >= 15 is 0 Å². The van der Waals surface area contributed by atoms with Gasteiger partial charge in [-0.2, -0.15) is 11.3 Å². The van der Waals surface area contributed by atoms with Crippen molar-refractivity contribution in [3.8, 4) is 0 Å². The fraction of sp³-hybridized carbons (Fsp3) is 0.375. The molecule has 4 heterocycles. The lowest BCUT2D eigenvalue weighted by molar-refractivity contribution is -0.126. The molecule has 2 aromatic rings. The molecule has 0 aliphatic carbocycles. The highest BCUT2D eigenvalue weighted by molar-refractivity contribution is 7.09. The number of hydrogen-bond donors (Lipinski definition) is 1. The molecule has 1 N–H and O–H groups in total. The molecular weight excluding hydrogens is 316 g/mol. The van der Waals surface area contributed by atoms with Gasteiger partial charge in [-0.1, -0.05) is 12.2 Å². The van der Waals surface area contributed by atoms with Crippen LogP contribution in [0.5, 0.6) is 0 Å². The Labute approximate surface area is 136 Å². The molecule has 0 radical (unpaired) electrons. The number of nitrogens with one attached hydrogen (secondary N) is 1. The van der Waals surface area contributed by atoms with Crippen LogP contribution in [0.25, 0.3) is 0 Å². The zero-order valence-corrected chi connectivity index (χ0v) is 13.5. The van der Waals surface area contributed by atoms with Gasteiger partial charge in [-0.25, -0.2) is 4.98 Å². The minimum Gasteiger partial charge on any atom is -0.366 e. The molecule has 0 aromatic carbocycles. The Balaban J connectivity index is 1.49. The monoisotopic (exact) mass is 332 g/mol. The molecule has 0 unspecified atom stereocenters. The van der Waals surface area contributed by atoms with Crippen molar-refractivity contribution in [2.45, 2.75) is 31.1 Å². The van der Waals surface area contributed by atoms with Crippen LogP contribution < -0.4 is 5.32 Å². The van der Waals surface area contributed by atoms with Crippen LogP contribution in [0, 0.1) is 5.92 Å². The SMILES string of the molecule is O=C(N[C@H](Cc1ccsc1)c1nccs1)[C@@H]1C[C@@H]2C=C[C@@H]1O2. The standard InChI is InChI=1S/C16H16N2O2S2/c19-15(12-8-11-1-2-14(12)20-11)18-13(16-17-4-6-22-16)7-10-3-5-21-9-10/h1-6,9,11-14H,7-8H2,(H,18,19)/t11-,12+,13+,14-/m0/s1. The second kappa shape index (κ2) is 5.95. The number of hydrogen-bond acceptors (Lipinski definition) is 5. The minimum atomic E-state index is -0.0695. The van der Waals surface area contributed by atoms with Crippen molar-refractivity contribution >= 4 is 28.6 Å². The summed E-state index contributed by atoms with van der Waals surface area (Å²) in [5, 5.41) is 10.3. The maximum absolute atomic E-state index is 12.6. The summed E-state index contributed by atoms with van der Waals surface area (Å²) in [6.45, 7) is 0. The summed E-state index contributed by atoms with van der Waals surface area (Å²) >= 11 is 3.26. The topological polar surface area (TPSA) is 51.2 Å². The first-order valence-corrected chi connectivity index (χ1v) is 9.16. The highest BCUT2D eigenvalue weighted by Crippen LogP contribution is 2.34. The van der Waals surface area contributed by atoms with Gasteiger partial charge in [-0.15, -0.1) is 11.3 Å². The van der Waals surface area contributed by atoms with Crippen molar-refractivity contribution < 1.29 is 9.53 Å². The first kappa shape index (κ1) is 14.1. The summed E-state index contributed by atoms with van der Waals surface area (Å²) in [5.74, 6) is 0.00668. The number of ether oxygens (including phenoxy) is 1. The summed E-state index contributed by atoms with van der Waals surface area (Å²) in [6.07, 6.45) is 7.49. The molecule has 1 fully saturated rings. The molecule has 0 spiro atoms. The van der Waals surface area contributed by atoms with Crippen LogP contribution in [-0.4, -0.2) is 23.1 Å². The quantitative estimate of drug-likeness (QED) is 0.857. The average molecular weight is 332 g/mol. The molecular formula is C16H16N2O2S2. The van der Waals surface area contributed by atoms with Crippen molar-refractivity contribution in [1.82, 2.24) is 10.3 Å². The number of carbonyl (C=O) groups is 1. The van der Waals surface area contributed by atoms with E-state index in [0.717, 1.165) is 17.8 Å². The van der Waals surface area contributed by atoms with Crippen LogP contribution in [0.3, 0.4) is 0 Å². The fourth-order valence-corrected chi connectivity index (χ4v) is 4.43. The van der Waals surface area contributed by atoms with Gasteiger partial charge in [0.05, 0.1) is 24.2 Å². The van der Waals surface area contributed by atoms with E-state index < -0.39 is 0 Å². The Morgan fingerprint density at radius 1 is 1.45 bits per heavy atom. The molecule has 114 valence electrons. The van der Waals surface area contributed by atoms with Gasteiger partial charge >= 0.3 is 0 Å². The van der Waals surface area contributed by atoms with Crippen LogP contribution in [0.4, 0.5) is 0 Å². The van der Waals surface area contributed by atoms with Crippen molar-refractivity contribution in [2.75, 3.05) is 0 Å². The molecule has 6 heteroatoms. The largest absolute Gasteiger partial charge is 0.366 e. The molecule has 2 aliphatic heterocycles. The highest BCUT2D eigenvalue weighted by atomic mass is 32.1. The number of rotatable bonds is 5. The van der Waals surface area contributed by atoms with E-state index in [1.807, 2.05) is 11.5 Å². The first-order valence-electron chi connectivity index (χ1n) is 7.34. The highest BCUT2D eigenvalue weighted by Gasteiger charge is 2.41. The molecule has 0 saturated carbocycles. The Morgan fingerprint density at radius 3 is 3.05 bits per heavy atom. The summed E-state index contributed by atoms with van der Waals surface area (Å²) in [4.78, 5) is 17.0. The Bertz CT molecular complexity index is 666. The van der Waals surface area contributed by atoms with E-state index in [-0.39, 0.29) is 30.1 Å². The van der Waals surface area contributed by atoms with E-state index in [2.05, 4.69) is 33.2 Å². The second-order valence-corrected chi connectivity index (χ2v) is 7.34. The van der Waals surface area contributed by atoms with Crippen molar-refractivity contribution in [3.63, 3.8) is 0 Å². The number of thiazole rings is 1. The minimum absolute atomic E-state index is 0.0527. The predicted octanol–water partition coefficient (Wildman–Crippen LogP) is 2.95. The average Bonchev–Trinajstić information content (AvgIpc) is 3.28. The van der Waals surface area contributed by atoms with Gasteiger partial charge in [0.15, 0.2) is 0 Å². The Kier molecular flexibility index (Phi) is 3.82. The van der Waals surface area contributed by atoms with Crippen molar-refractivity contribution in [2.24, 2.45) is 5.92 Å². The van der Waals surface area contributed by atoms with Gasteiger partial charge in [-0.3, -0.25) is 4.79 Å². The molecule has 4 nitrogen and oxygen atoms in total. The van der Waals surface area contributed by atoms with E-state index in [4.69, 9.17) is 4.74 Å². The lowest BCUT2D eigenvalue weighted by Gasteiger charge is -2.21. The number of carbonyl (C=O) groups excluding carboxylic acids is 1. The molecule has 22 heavy (non-hydrogen) atoms. The molecule has 4 atom stereocenters. The normalized spacial score (nSPS) is 27.2. The lowest BCUT2D eigenvalue weighted by Crippen LogP contribution is -2.38. The smallest absolute Gasteiger partial charge is 0.226 e. The lowest BCUT2D eigenvalue weighted by atomic mass is 9.93. The zero-order valence-electron chi connectivity index (χ0n) is 11.8. The number of amides is 1. The summed E-state index contributed by atoms with van der Waals surface area (Å²) in [5.41, 5.74) is 1.23. The van der Waals surface area contributed by atoms with Crippen LogP contribution in [0.2, 0.25) is 0 Å². The fourth-order valence-electron chi connectivity index (χ4n) is 3.06.